The number of anilines is 1. The first-order chi connectivity index (χ1) is 13.7. The highest BCUT2D eigenvalue weighted by Gasteiger charge is 2.36. The standard InChI is InChI=1S/C18H11F9N2O/c19-16(20,21)10-29(9-11-1-5-14(6-2-11)30-18(25,26)27)13-4-3-12(8-28)15(7-13)17(22,23)24/h1-7H,9-10H2. The van der Waals surface area contributed by atoms with Gasteiger partial charge in [0.15, 0.2) is 0 Å². The molecule has 2 rings (SSSR count). The molecule has 0 spiro atoms. The van der Waals surface area contributed by atoms with Crippen LogP contribution in [0, 0.1) is 11.3 Å². The van der Waals surface area contributed by atoms with Gasteiger partial charge in [-0.2, -0.15) is 31.6 Å². The van der Waals surface area contributed by atoms with E-state index in [1.807, 2.05) is 0 Å². The van der Waals surface area contributed by atoms with Gasteiger partial charge in [0, 0.05) is 12.2 Å². The van der Waals surface area contributed by atoms with E-state index in [2.05, 4.69) is 4.74 Å². The number of halogens is 9. The van der Waals surface area contributed by atoms with Crippen molar-refractivity contribution in [2.45, 2.75) is 25.3 Å². The molecule has 0 amide bonds. The van der Waals surface area contributed by atoms with E-state index in [4.69, 9.17) is 5.26 Å². The van der Waals surface area contributed by atoms with Crippen molar-refractivity contribution in [1.82, 2.24) is 0 Å². The van der Waals surface area contributed by atoms with Gasteiger partial charge in [0.2, 0.25) is 0 Å². The third-order valence-electron chi connectivity index (χ3n) is 3.69. The summed E-state index contributed by atoms with van der Waals surface area (Å²) in [5.41, 5.74) is -2.53. The van der Waals surface area contributed by atoms with E-state index in [1.165, 1.54) is 6.07 Å². The summed E-state index contributed by atoms with van der Waals surface area (Å²) in [6.45, 7) is -2.19. The van der Waals surface area contributed by atoms with Crippen LogP contribution in [0.25, 0.3) is 0 Å². The lowest BCUT2D eigenvalue weighted by atomic mass is 10.1. The summed E-state index contributed by atoms with van der Waals surface area (Å²) in [7, 11) is 0. The lowest BCUT2D eigenvalue weighted by molar-refractivity contribution is -0.274. The Kier molecular flexibility index (Phi) is 6.44. The van der Waals surface area contributed by atoms with Crippen molar-refractivity contribution in [3.63, 3.8) is 0 Å². The molecular weight excluding hydrogens is 431 g/mol. The largest absolute Gasteiger partial charge is 0.573 e. The second kappa shape index (κ2) is 8.33. The van der Waals surface area contributed by atoms with Gasteiger partial charge in [-0.1, -0.05) is 12.1 Å². The minimum absolute atomic E-state index is 0.0895. The Bertz CT molecular complexity index is 910. The van der Waals surface area contributed by atoms with Gasteiger partial charge in [-0.25, -0.2) is 0 Å². The van der Waals surface area contributed by atoms with Gasteiger partial charge >= 0.3 is 18.7 Å². The Labute approximate surface area is 163 Å². The van der Waals surface area contributed by atoms with Crippen molar-refractivity contribution < 1.29 is 44.3 Å². The number of hydrogen-bond donors (Lipinski definition) is 0. The molecule has 0 N–H and O–H groups in total. The molecule has 12 heteroatoms. The van der Waals surface area contributed by atoms with Gasteiger partial charge in [0.25, 0.3) is 0 Å². The third-order valence-corrected chi connectivity index (χ3v) is 3.69. The molecule has 0 aliphatic rings. The smallest absolute Gasteiger partial charge is 0.406 e. The third kappa shape index (κ3) is 6.75. The number of rotatable bonds is 5. The van der Waals surface area contributed by atoms with Crippen molar-refractivity contribution >= 4 is 5.69 Å². The molecule has 0 aliphatic heterocycles. The first-order valence-electron chi connectivity index (χ1n) is 7.96. The number of nitrogens with zero attached hydrogens (tertiary/aromatic N) is 2. The average molecular weight is 442 g/mol. The highest BCUT2D eigenvalue weighted by atomic mass is 19.4. The Hall–Kier alpha value is -3.10. The van der Waals surface area contributed by atoms with E-state index in [0.717, 1.165) is 36.4 Å². The quantitative estimate of drug-likeness (QED) is 0.530. The van der Waals surface area contributed by atoms with Crippen molar-refractivity contribution in [3.8, 4) is 11.8 Å². The molecule has 0 aromatic heterocycles. The van der Waals surface area contributed by atoms with Crippen molar-refractivity contribution in [3.05, 3.63) is 59.2 Å². The minimum atomic E-state index is -4.97. The van der Waals surface area contributed by atoms with E-state index < -0.39 is 54.4 Å². The highest BCUT2D eigenvalue weighted by molar-refractivity contribution is 5.55. The van der Waals surface area contributed by atoms with Crippen molar-refractivity contribution in [1.29, 1.82) is 5.26 Å². The van der Waals surface area contributed by atoms with Crippen LogP contribution >= 0.6 is 0 Å². The minimum Gasteiger partial charge on any atom is -0.406 e. The van der Waals surface area contributed by atoms with Crippen LogP contribution in [0.5, 0.6) is 5.75 Å². The summed E-state index contributed by atoms with van der Waals surface area (Å²) in [5.74, 6) is -0.605. The van der Waals surface area contributed by atoms with Crippen LogP contribution in [0.2, 0.25) is 0 Å². The second-order valence-electron chi connectivity index (χ2n) is 6.00. The summed E-state index contributed by atoms with van der Waals surface area (Å²) in [6, 6.07) is 7.28. The van der Waals surface area contributed by atoms with Crippen molar-refractivity contribution in [2.24, 2.45) is 0 Å². The number of alkyl halides is 9. The van der Waals surface area contributed by atoms with Crippen molar-refractivity contribution in [2.75, 3.05) is 11.4 Å². The van der Waals surface area contributed by atoms with E-state index in [9.17, 15) is 39.5 Å². The van der Waals surface area contributed by atoms with E-state index in [1.54, 1.807) is 0 Å². The molecule has 2 aromatic carbocycles. The van der Waals surface area contributed by atoms with Crippen LogP contribution in [0.3, 0.4) is 0 Å². The Morgan fingerprint density at radius 3 is 1.93 bits per heavy atom. The maximum Gasteiger partial charge on any atom is 0.573 e. The van der Waals surface area contributed by atoms with Crippen LogP contribution < -0.4 is 9.64 Å². The second-order valence-corrected chi connectivity index (χ2v) is 6.00. The normalized spacial score (nSPS) is 12.4. The number of benzene rings is 2. The average Bonchev–Trinajstić information content (AvgIpc) is 2.59. The number of nitriles is 1. The van der Waals surface area contributed by atoms with Crippen LogP contribution in [0.15, 0.2) is 42.5 Å². The van der Waals surface area contributed by atoms with Gasteiger partial charge in [-0.15, -0.1) is 13.2 Å². The number of hydrogen-bond acceptors (Lipinski definition) is 3. The molecular formula is C18H11F9N2O. The maximum atomic E-state index is 13.1. The first-order valence-corrected chi connectivity index (χ1v) is 7.96. The SMILES string of the molecule is N#Cc1ccc(N(Cc2ccc(OC(F)(F)F)cc2)CC(F)(F)F)cc1C(F)(F)F. The Balaban J connectivity index is 2.37. The predicted molar refractivity (Wildman–Crippen MR) is 86.4 cm³/mol. The summed E-state index contributed by atoms with van der Waals surface area (Å²) in [4.78, 5) is 0.565. The van der Waals surface area contributed by atoms with Gasteiger partial charge in [0.05, 0.1) is 17.2 Å². The van der Waals surface area contributed by atoms with Gasteiger partial charge < -0.3 is 9.64 Å². The molecule has 0 unspecified atom stereocenters. The molecule has 162 valence electrons. The van der Waals surface area contributed by atoms with E-state index in [-0.39, 0.29) is 5.56 Å². The first kappa shape index (κ1) is 23.2. The van der Waals surface area contributed by atoms with Crippen LogP contribution in [-0.2, 0) is 12.7 Å². The molecule has 0 bridgehead atoms. The summed E-state index contributed by atoms with van der Waals surface area (Å²) < 4.78 is 118. The molecule has 0 atom stereocenters. The van der Waals surface area contributed by atoms with Crippen LogP contribution in [0.1, 0.15) is 16.7 Å². The summed E-state index contributed by atoms with van der Waals surface area (Å²) in [6.07, 6.45) is -14.7. The van der Waals surface area contributed by atoms with E-state index >= 15 is 0 Å². The van der Waals surface area contributed by atoms with Crippen LogP contribution in [0.4, 0.5) is 45.2 Å². The summed E-state index contributed by atoms with van der Waals surface area (Å²) >= 11 is 0. The molecule has 0 heterocycles. The number of ether oxygens (including phenoxy) is 1. The fourth-order valence-electron chi connectivity index (χ4n) is 2.53. The molecule has 3 nitrogen and oxygen atoms in total. The topological polar surface area (TPSA) is 36.3 Å². The predicted octanol–water partition coefficient (Wildman–Crippen LogP) is 6.04. The lowest BCUT2D eigenvalue weighted by Crippen LogP contribution is -2.34. The zero-order valence-electron chi connectivity index (χ0n) is 14.7. The lowest BCUT2D eigenvalue weighted by Gasteiger charge is -2.27. The zero-order chi connectivity index (χ0) is 22.7. The fraction of sp³-hybridized carbons (Fsp3) is 0.278. The fourth-order valence-corrected chi connectivity index (χ4v) is 2.53. The summed E-state index contributed by atoms with van der Waals surface area (Å²) in [5, 5.41) is 8.80. The Morgan fingerprint density at radius 1 is 0.867 bits per heavy atom. The van der Waals surface area contributed by atoms with Gasteiger partial charge in [-0.05, 0) is 35.9 Å². The molecule has 0 fully saturated rings. The maximum absolute atomic E-state index is 13.1. The molecule has 2 aromatic rings. The molecule has 0 radical (unpaired) electrons. The van der Waals surface area contributed by atoms with Gasteiger partial charge in [0.1, 0.15) is 12.3 Å². The molecule has 30 heavy (non-hydrogen) atoms. The molecule has 0 saturated carbocycles. The van der Waals surface area contributed by atoms with Crippen LogP contribution in [-0.4, -0.2) is 19.1 Å². The molecule has 0 saturated heterocycles. The molecule has 0 aliphatic carbocycles. The Morgan fingerprint density at radius 2 is 1.47 bits per heavy atom. The zero-order valence-corrected chi connectivity index (χ0v) is 14.7. The van der Waals surface area contributed by atoms with E-state index in [0.29, 0.717) is 11.0 Å². The monoisotopic (exact) mass is 442 g/mol. The highest BCUT2D eigenvalue weighted by Crippen LogP contribution is 2.35. The van der Waals surface area contributed by atoms with Gasteiger partial charge in [-0.3, -0.25) is 0 Å².